The zero-order valence-electron chi connectivity index (χ0n) is 14.9. The number of ether oxygens (including phenoxy) is 1. The summed E-state index contributed by atoms with van der Waals surface area (Å²) in [5.74, 6) is 1.22. The molecule has 1 aromatic heterocycles. The van der Waals surface area contributed by atoms with Crippen molar-refractivity contribution in [3.63, 3.8) is 0 Å². The van der Waals surface area contributed by atoms with Crippen molar-refractivity contribution < 1.29 is 14.5 Å². The summed E-state index contributed by atoms with van der Waals surface area (Å²) in [6.45, 7) is 2.00. The van der Waals surface area contributed by atoms with Gasteiger partial charge in [0.05, 0.1) is 18.4 Å². The number of aromatic amines is 1. The fourth-order valence-corrected chi connectivity index (χ4v) is 3.78. The van der Waals surface area contributed by atoms with Crippen LogP contribution in [-0.2, 0) is 0 Å². The van der Waals surface area contributed by atoms with Gasteiger partial charge in [-0.25, -0.2) is 0 Å². The Bertz CT molecular complexity index is 1070. The van der Waals surface area contributed by atoms with Crippen molar-refractivity contribution in [2.45, 2.75) is 18.2 Å². The number of anilines is 1. The van der Waals surface area contributed by atoms with E-state index in [4.69, 9.17) is 4.74 Å². The highest BCUT2D eigenvalue weighted by Gasteiger charge is 2.37. The second kappa shape index (κ2) is 6.96. The second-order valence-corrected chi connectivity index (χ2v) is 7.26. The van der Waals surface area contributed by atoms with Crippen LogP contribution in [0.15, 0.2) is 52.4 Å². The first-order valence-corrected chi connectivity index (χ1v) is 9.52. The molecule has 0 aliphatic carbocycles. The van der Waals surface area contributed by atoms with Crippen LogP contribution >= 0.6 is 11.8 Å². The third-order valence-electron chi connectivity index (χ3n) is 4.38. The minimum absolute atomic E-state index is 0.0332. The van der Waals surface area contributed by atoms with Gasteiger partial charge in [-0.05, 0) is 40.8 Å². The molecule has 4 rings (SSSR count). The van der Waals surface area contributed by atoms with E-state index in [1.165, 1.54) is 18.9 Å². The zero-order valence-corrected chi connectivity index (χ0v) is 15.7. The van der Waals surface area contributed by atoms with Crippen LogP contribution in [0, 0.1) is 0 Å². The number of fused-ring (bicyclic) bond motifs is 3. The van der Waals surface area contributed by atoms with Crippen molar-refractivity contribution in [1.82, 2.24) is 10.1 Å². The first-order chi connectivity index (χ1) is 13.1. The van der Waals surface area contributed by atoms with Crippen LogP contribution in [0.2, 0.25) is 0 Å². The molecule has 7 nitrogen and oxygen atoms in total. The Balaban J connectivity index is 1.93. The molecular formula is C19H19N4O3S+. The van der Waals surface area contributed by atoms with Crippen LogP contribution in [0.4, 0.5) is 5.69 Å². The summed E-state index contributed by atoms with van der Waals surface area (Å²) in [7, 11) is 1.50. The molecule has 0 fully saturated rings. The minimum atomic E-state index is -0.440. The Morgan fingerprint density at radius 3 is 2.85 bits per heavy atom. The van der Waals surface area contributed by atoms with Gasteiger partial charge >= 0.3 is 11.3 Å². The number of methoxy groups -OCH3 is 1. The normalized spacial score (nSPS) is 14.8. The van der Waals surface area contributed by atoms with Gasteiger partial charge in [0.1, 0.15) is 0 Å². The lowest BCUT2D eigenvalue weighted by Gasteiger charge is -2.22. The Labute approximate surface area is 160 Å². The number of H-pyrrole nitrogens is 1. The third-order valence-corrected chi connectivity index (χ3v) is 5.13. The van der Waals surface area contributed by atoms with Gasteiger partial charge in [-0.3, -0.25) is 9.78 Å². The van der Waals surface area contributed by atoms with Gasteiger partial charge in [-0.1, -0.05) is 30.8 Å². The Morgan fingerprint density at radius 2 is 2.11 bits per heavy atom. The summed E-state index contributed by atoms with van der Waals surface area (Å²) < 4.78 is 6.81. The van der Waals surface area contributed by atoms with Crippen molar-refractivity contribution in [3.8, 4) is 22.8 Å². The maximum Gasteiger partial charge on any atom is 0.325 e. The van der Waals surface area contributed by atoms with E-state index in [0.717, 1.165) is 22.6 Å². The van der Waals surface area contributed by atoms with Gasteiger partial charge in [0, 0.05) is 10.7 Å². The largest absolute Gasteiger partial charge is 0.504 e. The number of phenols is 1. The number of thioether (sulfide) groups is 1. The lowest BCUT2D eigenvalue weighted by Crippen LogP contribution is -2.55. The first-order valence-electron chi connectivity index (χ1n) is 8.54. The molecule has 138 valence electrons. The van der Waals surface area contributed by atoms with E-state index >= 15 is 0 Å². The summed E-state index contributed by atoms with van der Waals surface area (Å²) in [6, 6.07) is 12.8. The molecule has 2 aromatic carbocycles. The second-order valence-electron chi connectivity index (χ2n) is 6.01. The Morgan fingerprint density at radius 1 is 1.30 bits per heavy atom. The van der Waals surface area contributed by atoms with E-state index in [1.54, 1.807) is 16.8 Å². The van der Waals surface area contributed by atoms with Crippen LogP contribution in [-0.4, -0.2) is 28.1 Å². The number of aromatic nitrogens is 3. The number of benzene rings is 2. The zero-order chi connectivity index (χ0) is 19.0. The molecule has 8 heteroatoms. The van der Waals surface area contributed by atoms with Gasteiger partial charge in [0.2, 0.25) is 5.16 Å². The summed E-state index contributed by atoms with van der Waals surface area (Å²) in [5, 5.41) is 18.8. The quantitative estimate of drug-likeness (QED) is 0.474. The van der Waals surface area contributed by atoms with Crippen molar-refractivity contribution in [2.75, 3.05) is 18.2 Å². The number of nitrogens with zero attached hydrogens (tertiary/aromatic N) is 2. The number of aromatic hydroxyl groups is 1. The fourth-order valence-electron chi connectivity index (χ4n) is 3.19. The molecule has 1 atom stereocenters. The number of hydrogen-bond acceptors (Lipinski definition) is 6. The average molecular weight is 383 g/mol. The van der Waals surface area contributed by atoms with Crippen molar-refractivity contribution in [3.05, 3.63) is 58.4 Å². The molecule has 27 heavy (non-hydrogen) atoms. The Hall–Kier alpha value is -3.00. The molecule has 0 bridgehead atoms. The average Bonchev–Trinajstić information content (AvgIpc) is 2.67. The van der Waals surface area contributed by atoms with Crippen LogP contribution in [0.3, 0.4) is 0 Å². The SMILES string of the molecule is CCSc1n[n+]2c(c(=O)[nH]1)-c1ccccc1N[C@H]2c1ccc(OC)c(O)c1. The Kier molecular flexibility index (Phi) is 4.49. The van der Waals surface area contributed by atoms with Crippen LogP contribution in [0.1, 0.15) is 18.7 Å². The molecule has 3 N–H and O–H groups in total. The highest BCUT2D eigenvalue weighted by molar-refractivity contribution is 7.99. The summed E-state index contributed by atoms with van der Waals surface area (Å²) in [4.78, 5) is 15.7. The van der Waals surface area contributed by atoms with E-state index in [1.807, 2.05) is 37.3 Å². The molecule has 3 aromatic rings. The van der Waals surface area contributed by atoms with Crippen molar-refractivity contribution in [2.24, 2.45) is 0 Å². The topological polar surface area (TPSA) is 91.1 Å². The summed E-state index contributed by atoms with van der Waals surface area (Å²) in [6.07, 6.45) is -0.440. The van der Waals surface area contributed by atoms with Gasteiger partial charge in [0.25, 0.3) is 6.17 Å². The molecule has 0 saturated heterocycles. The van der Waals surface area contributed by atoms with Crippen LogP contribution in [0.25, 0.3) is 11.3 Å². The fraction of sp³-hybridized carbons (Fsp3) is 0.211. The number of phenolic OH excluding ortho intramolecular Hbond substituents is 1. The maximum absolute atomic E-state index is 12.8. The molecule has 0 amide bonds. The van der Waals surface area contributed by atoms with Gasteiger partial charge < -0.3 is 15.2 Å². The van der Waals surface area contributed by atoms with Gasteiger partial charge in [-0.2, -0.15) is 0 Å². The summed E-state index contributed by atoms with van der Waals surface area (Å²) in [5.41, 5.74) is 2.66. The molecule has 0 radical (unpaired) electrons. The standard InChI is InChI=1S/C19H18N4O3S/c1-3-27-19-21-18(25)16-12-6-4-5-7-13(12)20-17(23(16)22-19)11-8-9-15(26-2)14(24)10-11/h4-10,17H,3H2,1-2H3,(H2,21,22,24,25)/p+1/t17-/m1/s1. The highest BCUT2D eigenvalue weighted by atomic mass is 32.2. The monoisotopic (exact) mass is 383 g/mol. The molecule has 0 spiro atoms. The van der Waals surface area contributed by atoms with E-state index < -0.39 is 6.17 Å². The molecule has 1 aliphatic heterocycles. The van der Waals surface area contributed by atoms with Crippen molar-refractivity contribution in [1.29, 1.82) is 0 Å². The molecule has 0 unspecified atom stereocenters. The number of nitrogens with one attached hydrogen (secondary N) is 2. The predicted molar refractivity (Wildman–Crippen MR) is 103 cm³/mol. The smallest absolute Gasteiger partial charge is 0.325 e. The van der Waals surface area contributed by atoms with E-state index in [0.29, 0.717) is 16.6 Å². The van der Waals surface area contributed by atoms with E-state index in [9.17, 15) is 9.90 Å². The molecule has 0 saturated carbocycles. The maximum atomic E-state index is 12.8. The van der Waals surface area contributed by atoms with E-state index in [2.05, 4.69) is 15.4 Å². The number of hydrogen-bond donors (Lipinski definition) is 3. The molecule has 2 heterocycles. The third kappa shape index (κ3) is 3.02. The predicted octanol–water partition coefficient (Wildman–Crippen LogP) is 2.52. The van der Waals surface area contributed by atoms with Gasteiger partial charge in [-0.15, -0.1) is 0 Å². The van der Waals surface area contributed by atoms with Gasteiger partial charge in [0.15, 0.2) is 11.5 Å². The molecule has 1 aliphatic rings. The minimum Gasteiger partial charge on any atom is -0.504 e. The van der Waals surface area contributed by atoms with E-state index in [-0.39, 0.29) is 11.3 Å². The lowest BCUT2D eigenvalue weighted by molar-refractivity contribution is -0.759. The number of rotatable bonds is 4. The van der Waals surface area contributed by atoms with Crippen LogP contribution in [0.5, 0.6) is 11.5 Å². The molecular weight excluding hydrogens is 364 g/mol. The number of para-hydroxylation sites is 1. The van der Waals surface area contributed by atoms with Crippen molar-refractivity contribution >= 4 is 17.4 Å². The highest BCUT2D eigenvalue weighted by Crippen LogP contribution is 2.34. The lowest BCUT2D eigenvalue weighted by atomic mass is 10.0. The first kappa shape index (κ1) is 17.4. The van der Waals surface area contributed by atoms with Crippen LogP contribution < -0.4 is 20.3 Å². The summed E-state index contributed by atoms with van der Waals surface area (Å²) >= 11 is 1.47.